The average Bonchev–Trinajstić information content (AvgIpc) is 2.16. The fraction of sp³-hybridized carbons (Fsp3) is 1.00. The highest BCUT2D eigenvalue weighted by Crippen LogP contribution is 2.44. The predicted octanol–water partition coefficient (Wildman–Crippen LogP) is 3.06. The lowest BCUT2D eigenvalue weighted by Crippen LogP contribution is -2.42. The van der Waals surface area contributed by atoms with Crippen molar-refractivity contribution in [2.45, 2.75) is 46.5 Å². The van der Waals surface area contributed by atoms with Crippen molar-refractivity contribution in [3.63, 3.8) is 0 Å². The molecule has 3 atom stereocenters. The minimum atomic E-state index is 0.538. The maximum absolute atomic E-state index is 3.54. The van der Waals surface area contributed by atoms with Gasteiger partial charge in [-0.3, -0.25) is 0 Å². The molecule has 2 rings (SSSR count). The van der Waals surface area contributed by atoms with E-state index in [1.807, 2.05) is 0 Å². The van der Waals surface area contributed by atoms with E-state index in [-0.39, 0.29) is 0 Å². The van der Waals surface area contributed by atoms with Crippen LogP contribution in [-0.2, 0) is 0 Å². The van der Waals surface area contributed by atoms with Crippen LogP contribution in [0.4, 0.5) is 0 Å². The first-order valence-corrected chi connectivity index (χ1v) is 6.28. The number of hydrogen-bond donors (Lipinski definition) is 1. The van der Waals surface area contributed by atoms with Gasteiger partial charge in [0.15, 0.2) is 0 Å². The van der Waals surface area contributed by atoms with E-state index in [1.165, 1.54) is 38.8 Å². The van der Waals surface area contributed by atoms with Crippen LogP contribution in [-0.4, -0.2) is 13.1 Å². The van der Waals surface area contributed by atoms with E-state index in [9.17, 15) is 0 Å². The van der Waals surface area contributed by atoms with Gasteiger partial charge in [-0.15, -0.1) is 0 Å². The highest BCUT2D eigenvalue weighted by atomic mass is 14.9. The SMILES string of the molecule is CC(C)(C)C1CCC2CNCCC2C1. The molecule has 1 nitrogen and oxygen atoms in total. The first-order valence-electron chi connectivity index (χ1n) is 6.28. The molecule has 0 spiro atoms. The smallest absolute Gasteiger partial charge is 0.00179 e. The molecule has 0 amide bonds. The summed E-state index contributed by atoms with van der Waals surface area (Å²) in [5.41, 5.74) is 0.538. The maximum Gasteiger partial charge on any atom is -0.00179 e. The third kappa shape index (κ3) is 2.13. The molecule has 1 heteroatoms. The third-order valence-corrected chi connectivity index (χ3v) is 4.46. The lowest BCUT2D eigenvalue weighted by Gasteiger charge is -2.44. The average molecular weight is 195 g/mol. The van der Waals surface area contributed by atoms with Crippen LogP contribution in [0.1, 0.15) is 46.5 Å². The third-order valence-electron chi connectivity index (χ3n) is 4.46. The predicted molar refractivity (Wildman–Crippen MR) is 61.3 cm³/mol. The maximum atomic E-state index is 3.54. The number of hydrogen-bond acceptors (Lipinski definition) is 1. The minimum Gasteiger partial charge on any atom is -0.316 e. The summed E-state index contributed by atoms with van der Waals surface area (Å²) < 4.78 is 0. The van der Waals surface area contributed by atoms with Crippen LogP contribution < -0.4 is 5.32 Å². The molecular weight excluding hydrogens is 170 g/mol. The molecule has 2 fully saturated rings. The molecule has 0 bridgehead atoms. The Labute approximate surface area is 88.7 Å². The highest BCUT2D eigenvalue weighted by Gasteiger charge is 2.36. The van der Waals surface area contributed by atoms with Crippen molar-refractivity contribution in [2.75, 3.05) is 13.1 Å². The molecule has 1 aliphatic heterocycles. The Morgan fingerprint density at radius 1 is 1.00 bits per heavy atom. The first kappa shape index (κ1) is 10.5. The van der Waals surface area contributed by atoms with Crippen molar-refractivity contribution in [2.24, 2.45) is 23.2 Å². The quantitative estimate of drug-likeness (QED) is 0.626. The summed E-state index contributed by atoms with van der Waals surface area (Å²) in [7, 11) is 0. The van der Waals surface area contributed by atoms with Gasteiger partial charge in [0.1, 0.15) is 0 Å². The van der Waals surface area contributed by atoms with Gasteiger partial charge < -0.3 is 5.32 Å². The van der Waals surface area contributed by atoms with E-state index in [0.717, 1.165) is 17.8 Å². The second kappa shape index (κ2) is 3.84. The van der Waals surface area contributed by atoms with Gasteiger partial charge in [-0.25, -0.2) is 0 Å². The van der Waals surface area contributed by atoms with Crippen LogP contribution in [0.25, 0.3) is 0 Å². The van der Waals surface area contributed by atoms with E-state index in [0.29, 0.717) is 5.41 Å². The monoisotopic (exact) mass is 195 g/mol. The number of rotatable bonds is 0. The van der Waals surface area contributed by atoms with Crippen LogP contribution in [0, 0.1) is 23.2 Å². The molecule has 1 saturated heterocycles. The van der Waals surface area contributed by atoms with Gasteiger partial charge in [0.2, 0.25) is 0 Å². The normalized spacial score (nSPS) is 39.2. The van der Waals surface area contributed by atoms with E-state index in [2.05, 4.69) is 26.1 Å². The van der Waals surface area contributed by atoms with Gasteiger partial charge in [0.25, 0.3) is 0 Å². The zero-order valence-corrected chi connectivity index (χ0v) is 9.97. The Hall–Kier alpha value is -0.0400. The summed E-state index contributed by atoms with van der Waals surface area (Å²) in [6, 6.07) is 0. The molecule has 0 aromatic carbocycles. The van der Waals surface area contributed by atoms with Crippen molar-refractivity contribution in [1.29, 1.82) is 0 Å². The topological polar surface area (TPSA) is 12.0 Å². The zero-order valence-electron chi connectivity index (χ0n) is 9.97. The van der Waals surface area contributed by atoms with E-state index < -0.39 is 0 Å². The molecule has 3 unspecified atom stereocenters. The minimum absolute atomic E-state index is 0.538. The summed E-state index contributed by atoms with van der Waals surface area (Å²) in [5, 5.41) is 3.54. The van der Waals surface area contributed by atoms with Crippen molar-refractivity contribution in [3.8, 4) is 0 Å². The molecule has 0 aromatic rings. The molecule has 2 aliphatic rings. The summed E-state index contributed by atoms with van der Waals surface area (Å²) >= 11 is 0. The van der Waals surface area contributed by atoms with Gasteiger partial charge >= 0.3 is 0 Å². The lowest BCUT2D eigenvalue weighted by molar-refractivity contribution is 0.0794. The molecule has 1 heterocycles. The molecule has 1 saturated carbocycles. The van der Waals surface area contributed by atoms with E-state index in [4.69, 9.17) is 0 Å². The lowest BCUT2D eigenvalue weighted by atomic mass is 9.64. The van der Waals surface area contributed by atoms with Crippen LogP contribution in [0.15, 0.2) is 0 Å². The number of fused-ring (bicyclic) bond motifs is 1. The summed E-state index contributed by atoms with van der Waals surface area (Å²) in [6.45, 7) is 9.80. The largest absolute Gasteiger partial charge is 0.316 e. The number of nitrogens with one attached hydrogen (secondary N) is 1. The summed E-state index contributed by atoms with van der Waals surface area (Å²) in [4.78, 5) is 0. The highest BCUT2D eigenvalue weighted by molar-refractivity contribution is 4.88. The molecule has 1 N–H and O–H groups in total. The summed E-state index contributed by atoms with van der Waals surface area (Å²) in [5.74, 6) is 3.01. The molecular formula is C13H25N. The van der Waals surface area contributed by atoms with Gasteiger partial charge in [-0.1, -0.05) is 20.8 Å². The molecule has 82 valence electrons. The fourth-order valence-corrected chi connectivity index (χ4v) is 3.31. The Morgan fingerprint density at radius 3 is 2.50 bits per heavy atom. The Kier molecular flexibility index (Phi) is 2.88. The van der Waals surface area contributed by atoms with Gasteiger partial charge in [-0.05, 0) is 61.9 Å². The van der Waals surface area contributed by atoms with Crippen molar-refractivity contribution < 1.29 is 0 Å². The number of piperidine rings is 1. The van der Waals surface area contributed by atoms with E-state index >= 15 is 0 Å². The Bertz CT molecular complexity index is 192. The summed E-state index contributed by atoms with van der Waals surface area (Å²) in [6.07, 6.45) is 5.86. The van der Waals surface area contributed by atoms with Crippen molar-refractivity contribution >= 4 is 0 Å². The Morgan fingerprint density at radius 2 is 1.79 bits per heavy atom. The fourth-order valence-electron chi connectivity index (χ4n) is 3.31. The molecule has 1 aliphatic carbocycles. The second-order valence-electron chi connectivity index (χ2n) is 6.39. The van der Waals surface area contributed by atoms with Gasteiger partial charge in [-0.2, -0.15) is 0 Å². The standard InChI is InChI=1S/C13H25N/c1-13(2,3)12-5-4-11-9-14-7-6-10(11)8-12/h10-12,14H,4-9H2,1-3H3. The molecule has 14 heavy (non-hydrogen) atoms. The van der Waals surface area contributed by atoms with Gasteiger partial charge in [0.05, 0.1) is 0 Å². The molecule has 0 aromatic heterocycles. The molecule has 0 radical (unpaired) electrons. The zero-order chi connectivity index (χ0) is 10.2. The van der Waals surface area contributed by atoms with Gasteiger partial charge in [0, 0.05) is 0 Å². The van der Waals surface area contributed by atoms with Crippen LogP contribution in [0.3, 0.4) is 0 Å². The van der Waals surface area contributed by atoms with Crippen molar-refractivity contribution in [3.05, 3.63) is 0 Å². The second-order valence-corrected chi connectivity index (χ2v) is 6.39. The first-order chi connectivity index (χ1) is 6.57. The Balaban J connectivity index is 1.96. The van der Waals surface area contributed by atoms with Crippen LogP contribution in [0.2, 0.25) is 0 Å². The van der Waals surface area contributed by atoms with Crippen molar-refractivity contribution in [1.82, 2.24) is 5.32 Å². The van der Waals surface area contributed by atoms with E-state index in [1.54, 1.807) is 0 Å². The van der Waals surface area contributed by atoms with Crippen LogP contribution in [0.5, 0.6) is 0 Å². The van der Waals surface area contributed by atoms with Crippen LogP contribution >= 0.6 is 0 Å².